The van der Waals surface area contributed by atoms with Gasteiger partial charge >= 0.3 is 0 Å². The molecule has 0 aliphatic heterocycles. The van der Waals surface area contributed by atoms with Gasteiger partial charge in [-0.1, -0.05) is 117 Å². The fraction of sp³-hybridized carbons (Fsp3) is 0.250. The molecule has 480 valence electrons. The molecular weight excluding hydrogens is 1140 g/mol. The molecule has 0 fully saturated rings. The van der Waals surface area contributed by atoms with Gasteiger partial charge in [0.05, 0.1) is 0 Å². The highest BCUT2D eigenvalue weighted by molar-refractivity contribution is 5.65. The standard InChI is InChI=1S/C17H22N.C15H18N.4C14H16N/c1-13(2)11-15-8-9-16(14(3)12-15)17-7-5-6-10-18(17)4;1-4-13-8-9-14(12(2)11-13)15-7-5-6-10-16(15)3;2*1-11-7-8-13(12(2)10-11)14-6-4-5-9-15(14)3;1-11-7-8-12(2)13(10-11)14-6-4-5-9-15(14)3;1-3-12-7-9-13(10-8-12)14-6-4-5-11-15(14)2/h5-10,12-13H,11H2,1-4H3;5-11H,4H2,1-3H3;3*4-10H,1-3H3;4-11H,3H2,1-2H3/q6*+1/i;;1D3;;;1D3,3D2. The Morgan fingerprint density at radius 3 is 1.02 bits per heavy atom. The summed E-state index contributed by atoms with van der Waals surface area (Å²) in [6, 6.07) is 75.5. The number of nitrogens with zero attached hydrogens (tertiary/aromatic N) is 6. The zero-order valence-electron chi connectivity index (χ0n) is 66.5. The summed E-state index contributed by atoms with van der Waals surface area (Å²) in [5.74, 6) is 0.711. The summed E-state index contributed by atoms with van der Waals surface area (Å²) in [7, 11) is 12.2. The second kappa shape index (κ2) is 35.3. The van der Waals surface area contributed by atoms with Gasteiger partial charge in [0.2, 0.25) is 34.2 Å². The van der Waals surface area contributed by atoms with Gasteiger partial charge < -0.3 is 0 Å². The van der Waals surface area contributed by atoms with Crippen molar-refractivity contribution in [2.24, 2.45) is 48.2 Å². The van der Waals surface area contributed by atoms with E-state index in [-0.39, 0.29) is 5.56 Å². The summed E-state index contributed by atoms with van der Waals surface area (Å²) < 4.78 is 72.2. The largest absolute Gasteiger partial charge is 0.212 e. The maximum absolute atomic E-state index is 7.74. The summed E-state index contributed by atoms with van der Waals surface area (Å²) in [5.41, 5.74) is 26.7. The molecule has 94 heavy (non-hydrogen) atoms. The lowest BCUT2D eigenvalue weighted by molar-refractivity contribution is -0.660. The fourth-order valence-electron chi connectivity index (χ4n) is 11.5. The topological polar surface area (TPSA) is 23.3 Å². The summed E-state index contributed by atoms with van der Waals surface area (Å²) in [6.07, 6.45) is 12.1. The minimum atomic E-state index is -2.67. The van der Waals surface area contributed by atoms with E-state index in [0.29, 0.717) is 11.5 Å². The maximum Gasteiger partial charge on any atom is 0.212 e. The summed E-state index contributed by atoms with van der Waals surface area (Å²) in [5, 5.41) is 0. The third-order valence-corrected chi connectivity index (χ3v) is 16.7. The maximum atomic E-state index is 7.74. The molecule has 0 bridgehead atoms. The Bertz CT molecular complexity index is 4750. The molecule has 0 atom stereocenters. The van der Waals surface area contributed by atoms with Crippen molar-refractivity contribution in [1.82, 2.24) is 0 Å². The SMILES string of the molecule is CCc1ccc(-c2cccc[n+]2C)c(C)c1.Cc1cc(CC(C)C)ccc1-c1cccc[n+]1C.Cc1ccc(-c2cccc[n+]2C)c(C)c1.Cc1ccc(C)c(-c2cccc[n+]2C)c1.[2H]C([2H])([2H])C([2H])([2H])c1ccc(-c2cccc[n+]2C)cc1.[2H]C([2H])([2H])c1ccc(-c2cccc[n+]2C)c(C)c1. The van der Waals surface area contributed by atoms with E-state index in [2.05, 4.69) is 273 Å². The van der Waals surface area contributed by atoms with E-state index in [9.17, 15) is 0 Å². The predicted molar refractivity (Wildman–Crippen MR) is 394 cm³/mol. The zero-order valence-corrected chi connectivity index (χ0v) is 58.5. The first-order chi connectivity index (χ1) is 48.3. The van der Waals surface area contributed by atoms with Crippen molar-refractivity contribution >= 4 is 0 Å². The smallest absolute Gasteiger partial charge is 0.201 e. The number of hydrogen-bond donors (Lipinski definition) is 0. The molecule has 0 saturated carbocycles. The van der Waals surface area contributed by atoms with Crippen molar-refractivity contribution in [3.05, 3.63) is 323 Å². The predicted octanol–water partition coefficient (Wildman–Crippen LogP) is 17.9. The van der Waals surface area contributed by atoms with Gasteiger partial charge in [0.15, 0.2) is 37.2 Å². The molecule has 12 rings (SSSR count). The second-order valence-electron chi connectivity index (χ2n) is 24.8. The van der Waals surface area contributed by atoms with Crippen molar-refractivity contribution in [2.45, 2.75) is 102 Å². The Balaban J connectivity index is 0.000000172. The van der Waals surface area contributed by atoms with Gasteiger partial charge in [-0.15, -0.1) is 0 Å². The molecule has 0 aliphatic carbocycles. The quantitative estimate of drug-likeness (QED) is 0.122. The molecular formula is C88H104N6+6. The molecule has 6 heterocycles. The van der Waals surface area contributed by atoms with Gasteiger partial charge in [-0.2, -0.15) is 0 Å². The van der Waals surface area contributed by atoms with E-state index >= 15 is 0 Å². The van der Waals surface area contributed by atoms with Crippen molar-refractivity contribution in [1.29, 1.82) is 0 Å². The lowest BCUT2D eigenvalue weighted by atomic mass is 9.97. The number of aryl methyl sites for hydroxylation is 16. The first-order valence-electron chi connectivity index (χ1n) is 36.5. The molecule has 6 aromatic heterocycles. The van der Waals surface area contributed by atoms with E-state index < -0.39 is 20.1 Å². The molecule has 12 aromatic rings. The molecule has 0 saturated heterocycles. The number of pyridine rings is 6. The van der Waals surface area contributed by atoms with Crippen molar-refractivity contribution < 1.29 is 38.4 Å². The Labute approximate surface area is 576 Å². The minimum absolute atomic E-state index is 0.167. The zero-order chi connectivity index (χ0) is 74.6. The Kier molecular flexibility index (Phi) is 22.7. The Hall–Kier alpha value is -9.78. The normalized spacial score (nSPS) is 12.1. The number of benzene rings is 6. The van der Waals surface area contributed by atoms with E-state index in [0.717, 1.165) is 40.9 Å². The number of hydrogen-bond acceptors (Lipinski definition) is 0. The van der Waals surface area contributed by atoms with E-state index in [4.69, 9.17) is 11.0 Å². The van der Waals surface area contributed by atoms with Crippen LogP contribution in [0.2, 0.25) is 0 Å². The lowest BCUT2D eigenvalue weighted by Crippen LogP contribution is -2.30. The highest BCUT2D eigenvalue weighted by Gasteiger charge is 2.16. The van der Waals surface area contributed by atoms with Crippen LogP contribution in [0.15, 0.2) is 262 Å². The van der Waals surface area contributed by atoms with Crippen LogP contribution in [0.3, 0.4) is 0 Å². The van der Waals surface area contributed by atoms with Crippen LogP contribution in [-0.4, -0.2) is 0 Å². The number of aromatic nitrogens is 6. The van der Waals surface area contributed by atoms with Crippen LogP contribution in [0.4, 0.5) is 0 Å². The van der Waals surface area contributed by atoms with Crippen LogP contribution in [0.25, 0.3) is 67.5 Å². The Morgan fingerprint density at radius 1 is 0.319 bits per heavy atom. The molecule has 6 heteroatoms. The first kappa shape index (κ1) is 60.5. The van der Waals surface area contributed by atoms with Crippen LogP contribution in [0.1, 0.15) is 99.8 Å². The molecule has 0 spiro atoms. The van der Waals surface area contributed by atoms with Crippen LogP contribution >= 0.6 is 0 Å². The highest BCUT2D eigenvalue weighted by Crippen LogP contribution is 2.26. The summed E-state index contributed by atoms with van der Waals surface area (Å²) >= 11 is 0. The average Bonchev–Trinajstić information content (AvgIpc) is 0.800. The molecule has 0 aliphatic rings. The summed E-state index contributed by atoms with van der Waals surface area (Å²) in [4.78, 5) is 0. The van der Waals surface area contributed by atoms with Crippen LogP contribution in [0.5, 0.6) is 0 Å². The van der Waals surface area contributed by atoms with Crippen LogP contribution < -0.4 is 27.4 Å². The van der Waals surface area contributed by atoms with E-state index in [1.165, 1.54) is 102 Å². The lowest BCUT2D eigenvalue weighted by Gasteiger charge is -2.09. The molecule has 0 N–H and O–H groups in total. The first-order valence-corrected chi connectivity index (χ1v) is 32.5. The van der Waals surface area contributed by atoms with E-state index in [1.807, 2.05) is 91.1 Å². The molecule has 0 amide bonds. The van der Waals surface area contributed by atoms with Gasteiger partial charge in [0, 0.05) is 117 Å². The molecule has 0 radical (unpaired) electrons. The average molecular weight is 1250 g/mol. The van der Waals surface area contributed by atoms with Gasteiger partial charge in [0.1, 0.15) is 42.3 Å². The van der Waals surface area contributed by atoms with Gasteiger partial charge in [-0.3, -0.25) is 0 Å². The third kappa shape index (κ3) is 20.4. The minimum Gasteiger partial charge on any atom is -0.201 e. The van der Waals surface area contributed by atoms with Crippen LogP contribution in [0, 0.1) is 61.2 Å². The summed E-state index contributed by atoms with van der Waals surface area (Å²) in [6.45, 7) is 16.9. The molecule has 0 unspecified atom stereocenters. The molecule has 6 aromatic carbocycles. The van der Waals surface area contributed by atoms with Crippen molar-refractivity contribution in [3.8, 4) is 67.5 Å². The highest BCUT2D eigenvalue weighted by atomic mass is 14.9. The van der Waals surface area contributed by atoms with Gasteiger partial charge in [0.25, 0.3) is 0 Å². The van der Waals surface area contributed by atoms with Crippen molar-refractivity contribution in [3.63, 3.8) is 0 Å². The monoisotopic (exact) mass is 1250 g/mol. The Morgan fingerprint density at radius 2 is 0.649 bits per heavy atom. The second-order valence-corrected chi connectivity index (χ2v) is 24.8. The van der Waals surface area contributed by atoms with Crippen LogP contribution in [-0.2, 0) is 61.5 Å². The van der Waals surface area contributed by atoms with Crippen molar-refractivity contribution in [2.75, 3.05) is 0 Å². The van der Waals surface area contributed by atoms with Gasteiger partial charge in [-0.05, 0) is 204 Å². The number of rotatable bonds is 10. The van der Waals surface area contributed by atoms with E-state index in [1.54, 1.807) is 24.3 Å². The van der Waals surface area contributed by atoms with Gasteiger partial charge in [-0.25, -0.2) is 27.4 Å². The molecule has 6 nitrogen and oxygen atoms in total. The third-order valence-electron chi connectivity index (χ3n) is 16.7. The fourth-order valence-corrected chi connectivity index (χ4v) is 11.5.